The number of nitrogens with one attached hydrogen (secondary N) is 1. The summed E-state index contributed by atoms with van der Waals surface area (Å²) < 4.78 is 15.3. The molecule has 9 heteroatoms. The van der Waals surface area contributed by atoms with Gasteiger partial charge in [0.2, 0.25) is 0 Å². The number of nitrogens with zero attached hydrogens (tertiary/aromatic N) is 6. The Morgan fingerprint density at radius 3 is 2.45 bits per heavy atom. The number of aromatic nitrogens is 5. The van der Waals surface area contributed by atoms with Crippen LogP contribution in [0, 0.1) is 19.7 Å². The molecule has 1 aliphatic rings. The Hall–Kier alpha value is -4.37. The lowest BCUT2D eigenvalue weighted by Crippen LogP contribution is -2.49. The number of aryl methyl sites for hydroxylation is 4. The zero-order chi connectivity index (χ0) is 27.6. The molecule has 1 fully saturated rings. The Bertz CT molecular complexity index is 1670. The SMILES string of the molecule is Cc1cc(C)c2cc([C@H](c3nnnn3CCc3ccccc3)N3CCN(c4ccc(F)cc4)CC3)c(=O)[nH]c2c1. The summed E-state index contributed by atoms with van der Waals surface area (Å²) >= 11 is 0. The topological polar surface area (TPSA) is 82.9 Å². The fourth-order valence-corrected chi connectivity index (χ4v) is 5.73. The van der Waals surface area contributed by atoms with Crippen LogP contribution in [0.2, 0.25) is 0 Å². The zero-order valence-electron chi connectivity index (χ0n) is 22.7. The maximum atomic E-state index is 13.6. The van der Waals surface area contributed by atoms with Gasteiger partial charge in [-0.1, -0.05) is 36.4 Å². The minimum absolute atomic E-state index is 0.138. The summed E-state index contributed by atoms with van der Waals surface area (Å²) in [6.07, 6.45) is 0.774. The van der Waals surface area contributed by atoms with Crippen molar-refractivity contribution in [1.82, 2.24) is 30.1 Å². The first kappa shape index (κ1) is 25.9. The quantitative estimate of drug-likeness (QED) is 0.331. The number of aromatic amines is 1. The molecule has 0 spiro atoms. The van der Waals surface area contributed by atoms with Crippen molar-refractivity contribution in [3.05, 3.63) is 117 Å². The third-order valence-electron chi connectivity index (χ3n) is 7.77. The summed E-state index contributed by atoms with van der Waals surface area (Å²) in [5, 5.41) is 13.9. The molecule has 0 aliphatic carbocycles. The molecule has 3 heterocycles. The molecule has 6 rings (SSSR count). The Balaban J connectivity index is 1.36. The van der Waals surface area contributed by atoms with Crippen LogP contribution >= 0.6 is 0 Å². The number of anilines is 1. The second-order valence-electron chi connectivity index (χ2n) is 10.5. The molecule has 0 amide bonds. The summed E-state index contributed by atoms with van der Waals surface area (Å²) in [7, 11) is 0. The standard InChI is InChI=1S/C31H32FN7O/c1-21-18-22(2)26-20-27(31(40)33-28(26)19-21)29(30-34-35-36-39(30)13-12-23-6-4-3-5-7-23)38-16-14-37(15-17-38)25-10-8-24(32)9-11-25/h3-11,18-20,29H,12-17H2,1-2H3,(H,33,40)/t29-/m1/s1. The lowest BCUT2D eigenvalue weighted by molar-refractivity contribution is 0.199. The number of piperazine rings is 1. The molecule has 2 aromatic heterocycles. The van der Waals surface area contributed by atoms with Crippen LogP contribution in [0.15, 0.2) is 77.6 Å². The van der Waals surface area contributed by atoms with Crippen LogP contribution in [-0.4, -0.2) is 56.3 Å². The average Bonchev–Trinajstić information content (AvgIpc) is 3.42. The third-order valence-corrected chi connectivity index (χ3v) is 7.77. The molecule has 0 bridgehead atoms. The summed E-state index contributed by atoms with van der Waals surface area (Å²) in [5.74, 6) is 0.409. The Morgan fingerprint density at radius 2 is 1.70 bits per heavy atom. The highest BCUT2D eigenvalue weighted by molar-refractivity contribution is 5.83. The number of pyridine rings is 1. The van der Waals surface area contributed by atoms with Gasteiger partial charge in [0.1, 0.15) is 11.9 Å². The second kappa shape index (κ2) is 11.0. The van der Waals surface area contributed by atoms with E-state index in [-0.39, 0.29) is 11.4 Å². The van der Waals surface area contributed by atoms with Gasteiger partial charge in [-0.15, -0.1) is 5.10 Å². The molecule has 0 radical (unpaired) electrons. The lowest BCUT2D eigenvalue weighted by atomic mass is 9.99. The van der Waals surface area contributed by atoms with Crippen LogP contribution < -0.4 is 10.5 Å². The van der Waals surface area contributed by atoms with E-state index >= 15 is 0 Å². The normalized spacial score (nSPS) is 15.0. The molecule has 40 heavy (non-hydrogen) atoms. The summed E-state index contributed by atoms with van der Waals surface area (Å²) in [5.41, 5.74) is 5.71. The van der Waals surface area contributed by atoms with Gasteiger partial charge in [0.05, 0.1) is 0 Å². The Morgan fingerprint density at radius 1 is 0.950 bits per heavy atom. The monoisotopic (exact) mass is 537 g/mol. The van der Waals surface area contributed by atoms with Crippen molar-refractivity contribution in [3.63, 3.8) is 0 Å². The fraction of sp³-hybridized carbons (Fsp3) is 0.290. The molecule has 0 saturated carbocycles. The minimum atomic E-state index is -0.421. The van der Waals surface area contributed by atoms with Crippen molar-refractivity contribution in [2.75, 3.05) is 31.1 Å². The molecule has 1 aliphatic heterocycles. The van der Waals surface area contributed by atoms with Crippen molar-refractivity contribution < 1.29 is 4.39 Å². The summed E-state index contributed by atoms with van der Waals surface area (Å²) in [6, 6.07) is 22.6. The van der Waals surface area contributed by atoms with Gasteiger partial charge in [-0.2, -0.15) is 0 Å². The van der Waals surface area contributed by atoms with E-state index in [1.807, 2.05) is 54.1 Å². The molecule has 204 valence electrons. The molecule has 0 unspecified atom stereocenters. The molecule has 5 aromatic rings. The van der Waals surface area contributed by atoms with Gasteiger partial charge in [0.25, 0.3) is 5.56 Å². The predicted octanol–water partition coefficient (Wildman–Crippen LogP) is 4.42. The fourth-order valence-electron chi connectivity index (χ4n) is 5.73. The summed E-state index contributed by atoms with van der Waals surface area (Å²) in [4.78, 5) is 21.3. The number of rotatable bonds is 7. The first-order chi connectivity index (χ1) is 19.5. The first-order valence-electron chi connectivity index (χ1n) is 13.6. The number of hydrogen-bond acceptors (Lipinski definition) is 6. The van der Waals surface area contributed by atoms with Gasteiger partial charge in [0.15, 0.2) is 5.82 Å². The van der Waals surface area contributed by atoms with Gasteiger partial charge in [-0.05, 0) is 83.8 Å². The van der Waals surface area contributed by atoms with Crippen LogP contribution in [0.1, 0.15) is 34.1 Å². The Kier molecular flexibility index (Phi) is 7.13. The number of tetrazole rings is 1. The van der Waals surface area contributed by atoms with Crippen molar-refractivity contribution >= 4 is 16.6 Å². The number of hydrogen-bond donors (Lipinski definition) is 1. The number of benzene rings is 3. The predicted molar refractivity (Wildman–Crippen MR) is 154 cm³/mol. The second-order valence-corrected chi connectivity index (χ2v) is 10.5. The van der Waals surface area contributed by atoms with Crippen LogP contribution in [-0.2, 0) is 13.0 Å². The lowest BCUT2D eigenvalue weighted by Gasteiger charge is -2.39. The van der Waals surface area contributed by atoms with E-state index in [1.165, 1.54) is 17.7 Å². The van der Waals surface area contributed by atoms with Crippen LogP contribution in [0.5, 0.6) is 0 Å². The van der Waals surface area contributed by atoms with E-state index in [9.17, 15) is 9.18 Å². The molecule has 1 N–H and O–H groups in total. The highest BCUT2D eigenvalue weighted by Gasteiger charge is 2.33. The largest absolute Gasteiger partial charge is 0.369 e. The van der Waals surface area contributed by atoms with Gasteiger partial charge >= 0.3 is 0 Å². The maximum Gasteiger partial charge on any atom is 0.253 e. The van der Waals surface area contributed by atoms with Gasteiger partial charge < -0.3 is 9.88 Å². The molecular formula is C31H32FN7O. The smallest absolute Gasteiger partial charge is 0.253 e. The average molecular weight is 538 g/mol. The van der Waals surface area contributed by atoms with Gasteiger partial charge in [-0.3, -0.25) is 9.69 Å². The highest BCUT2D eigenvalue weighted by atomic mass is 19.1. The zero-order valence-corrected chi connectivity index (χ0v) is 22.7. The number of H-pyrrole nitrogens is 1. The minimum Gasteiger partial charge on any atom is -0.369 e. The molecule has 1 saturated heterocycles. The Labute approximate surface area is 232 Å². The van der Waals surface area contributed by atoms with E-state index in [0.717, 1.165) is 47.2 Å². The van der Waals surface area contributed by atoms with Crippen LogP contribution in [0.25, 0.3) is 10.9 Å². The van der Waals surface area contributed by atoms with Gasteiger partial charge in [-0.25, -0.2) is 9.07 Å². The van der Waals surface area contributed by atoms with Gasteiger partial charge in [0, 0.05) is 54.9 Å². The first-order valence-corrected chi connectivity index (χ1v) is 13.6. The number of fused-ring (bicyclic) bond motifs is 1. The highest BCUT2D eigenvalue weighted by Crippen LogP contribution is 2.30. The van der Waals surface area contributed by atoms with Crippen LogP contribution in [0.4, 0.5) is 10.1 Å². The summed E-state index contributed by atoms with van der Waals surface area (Å²) in [6.45, 7) is 7.55. The van der Waals surface area contributed by atoms with E-state index < -0.39 is 6.04 Å². The van der Waals surface area contributed by atoms with E-state index in [2.05, 4.69) is 55.4 Å². The van der Waals surface area contributed by atoms with Crippen molar-refractivity contribution in [2.24, 2.45) is 0 Å². The molecular weight excluding hydrogens is 505 g/mol. The van der Waals surface area contributed by atoms with E-state index in [1.54, 1.807) is 0 Å². The maximum absolute atomic E-state index is 13.6. The van der Waals surface area contributed by atoms with E-state index in [0.29, 0.717) is 31.0 Å². The van der Waals surface area contributed by atoms with Crippen molar-refractivity contribution in [1.29, 1.82) is 0 Å². The molecule has 8 nitrogen and oxygen atoms in total. The van der Waals surface area contributed by atoms with Crippen molar-refractivity contribution in [2.45, 2.75) is 32.9 Å². The molecule has 3 aromatic carbocycles. The van der Waals surface area contributed by atoms with Crippen molar-refractivity contribution in [3.8, 4) is 0 Å². The van der Waals surface area contributed by atoms with Crippen LogP contribution in [0.3, 0.4) is 0 Å². The van der Waals surface area contributed by atoms with E-state index in [4.69, 9.17) is 0 Å². The molecule has 1 atom stereocenters. The number of halogens is 1. The third kappa shape index (κ3) is 5.24.